The summed E-state index contributed by atoms with van der Waals surface area (Å²) in [4.78, 5) is 21.9. The number of hydrogen-bond donors (Lipinski definition) is 4. The fourth-order valence-electron chi connectivity index (χ4n) is 1.55. The number of pyridine rings is 1. The second-order valence-corrected chi connectivity index (χ2v) is 6.43. The molecule has 4 N–H and O–H groups in total. The van der Waals surface area contributed by atoms with Crippen LogP contribution in [0.2, 0.25) is 0 Å². The zero-order chi connectivity index (χ0) is 14.0. The van der Waals surface area contributed by atoms with Crippen LogP contribution in [0.25, 0.3) is 10.8 Å². The molecule has 19 heavy (non-hydrogen) atoms. The van der Waals surface area contributed by atoms with Crippen molar-refractivity contribution in [3.63, 3.8) is 0 Å². The van der Waals surface area contributed by atoms with Crippen molar-refractivity contribution in [3.8, 4) is 0 Å². The zero-order valence-electron chi connectivity index (χ0n) is 9.46. The molecule has 0 aliphatic heterocycles. The number of nitrogens with zero attached hydrogens (tertiary/aromatic N) is 1. The normalized spacial score (nSPS) is 15.7. The monoisotopic (exact) mass is 300 g/mol. The molecule has 0 aliphatic carbocycles. The molecule has 1 aromatic carbocycles. The Morgan fingerprint density at radius 1 is 1.11 bits per heavy atom. The summed E-state index contributed by atoms with van der Waals surface area (Å²) in [7, 11) is -6.69. The molecule has 2 atom stereocenters. The first-order valence-electron chi connectivity index (χ1n) is 5.12. The third kappa shape index (κ3) is 2.61. The van der Waals surface area contributed by atoms with Crippen molar-refractivity contribution in [2.45, 2.75) is 5.21 Å². The summed E-state index contributed by atoms with van der Waals surface area (Å²) in [5, 5.41) is 10.4. The van der Waals surface area contributed by atoms with E-state index in [1.807, 2.05) is 0 Å². The fourth-order valence-corrected chi connectivity index (χ4v) is 2.54. The summed E-state index contributed by atoms with van der Waals surface area (Å²) < 4.78 is 22.1. The first-order valence-corrected chi connectivity index (χ1v) is 7.54. The SMILES string of the molecule is O=[P+](O)C(O)(Nc1nccc2ccccc12)[P+](=O)O. The molecule has 0 radical (unpaired) electrons. The number of benzene rings is 1. The lowest BCUT2D eigenvalue weighted by Crippen LogP contribution is -2.30. The van der Waals surface area contributed by atoms with E-state index in [0.29, 0.717) is 5.39 Å². The molecule has 2 rings (SSSR count). The van der Waals surface area contributed by atoms with Crippen LogP contribution in [0.4, 0.5) is 5.82 Å². The Labute approximate surface area is 109 Å². The quantitative estimate of drug-likeness (QED) is 0.501. The van der Waals surface area contributed by atoms with Crippen LogP contribution in [0.3, 0.4) is 0 Å². The largest absolute Gasteiger partial charge is 0.626 e. The van der Waals surface area contributed by atoms with Crippen molar-refractivity contribution in [1.29, 1.82) is 0 Å². The van der Waals surface area contributed by atoms with E-state index in [-0.39, 0.29) is 5.82 Å². The molecule has 1 heterocycles. The van der Waals surface area contributed by atoms with E-state index in [4.69, 9.17) is 9.79 Å². The zero-order valence-corrected chi connectivity index (χ0v) is 11.3. The molecule has 2 aromatic rings. The van der Waals surface area contributed by atoms with Crippen molar-refractivity contribution in [2.75, 3.05) is 5.32 Å². The van der Waals surface area contributed by atoms with Gasteiger partial charge in [0.2, 0.25) is 0 Å². The maximum absolute atomic E-state index is 11.1. The number of hydrogen-bond acceptors (Lipinski definition) is 5. The highest BCUT2D eigenvalue weighted by Gasteiger charge is 2.68. The van der Waals surface area contributed by atoms with Crippen molar-refractivity contribution in [1.82, 2.24) is 4.98 Å². The minimum Gasteiger partial charge on any atom is -0.286 e. The third-order valence-corrected chi connectivity index (χ3v) is 4.81. The molecule has 1 aromatic heterocycles. The molecule has 0 aliphatic rings. The first-order chi connectivity index (χ1) is 8.95. The lowest BCUT2D eigenvalue weighted by molar-refractivity contribution is 0.209. The minimum absolute atomic E-state index is 0.0513. The van der Waals surface area contributed by atoms with E-state index in [1.54, 1.807) is 30.3 Å². The summed E-state index contributed by atoms with van der Waals surface area (Å²) in [6, 6.07) is 8.65. The number of nitrogens with one attached hydrogen (secondary N) is 1. The lowest BCUT2D eigenvalue weighted by atomic mass is 10.1. The molecule has 0 saturated heterocycles. The predicted octanol–water partition coefficient (Wildman–Crippen LogP) is 1.72. The summed E-state index contributed by atoms with van der Waals surface area (Å²) in [5.41, 5.74) is 0. The Bertz CT molecular complexity index is 644. The van der Waals surface area contributed by atoms with Crippen molar-refractivity contribution in [2.24, 2.45) is 0 Å². The maximum atomic E-state index is 11.1. The Kier molecular flexibility index (Phi) is 3.85. The molecule has 0 bridgehead atoms. The average Bonchev–Trinajstić information content (AvgIpc) is 2.38. The van der Waals surface area contributed by atoms with Crippen LogP contribution in [0.5, 0.6) is 0 Å². The smallest absolute Gasteiger partial charge is 0.286 e. The van der Waals surface area contributed by atoms with Crippen molar-refractivity contribution >= 4 is 32.6 Å². The summed E-state index contributed by atoms with van der Waals surface area (Å²) in [6.07, 6.45) is 1.42. The highest BCUT2D eigenvalue weighted by atomic mass is 31.2. The van der Waals surface area contributed by atoms with Gasteiger partial charge >= 0.3 is 21.3 Å². The number of aliphatic hydroxyl groups is 1. The minimum atomic E-state index is -3.34. The van der Waals surface area contributed by atoms with Gasteiger partial charge in [-0.2, -0.15) is 9.79 Å². The van der Waals surface area contributed by atoms with Gasteiger partial charge in [-0.25, -0.2) is 4.98 Å². The van der Waals surface area contributed by atoms with Gasteiger partial charge in [-0.1, -0.05) is 24.3 Å². The van der Waals surface area contributed by atoms with Gasteiger partial charge in [0.25, 0.3) is 0 Å². The van der Waals surface area contributed by atoms with Gasteiger partial charge < -0.3 is 0 Å². The van der Waals surface area contributed by atoms with E-state index >= 15 is 0 Å². The molecule has 0 saturated carbocycles. The molecule has 0 amide bonds. The average molecular weight is 300 g/mol. The van der Waals surface area contributed by atoms with Crippen LogP contribution in [-0.2, 0) is 9.13 Å². The topological polar surface area (TPSA) is 120 Å². The summed E-state index contributed by atoms with van der Waals surface area (Å²) in [6.45, 7) is 0. The lowest BCUT2D eigenvalue weighted by Gasteiger charge is -2.08. The molecule has 7 nitrogen and oxygen atoms in total. The fraction of sp³-hybridized carbons (Fsp3) is 0.100. The highest BCUT2D eigenvalue weighted by molar-refractivity contribution is 7.59. The Balaban J connectivity index is 2.51. The number of rotatable bonds is 4. The van der Waals surface area contributed by atoms with E-state index in [1.165, 1.54) is 6.20 Å². The summed E-state index contributed by atoms with van der Waals surface area (Å²) in [5.74, 6) is 0.0513. The van der Waals surface area contributed by atoms with Gasteiger partial charge in [-0.15, -0.1) is 0 Å². The second kappa shape index (κ2) is 5.25. The van der Waals surface area contributed by atoms with Crippen molar-refractivity contribution in [3.05, 3.63) is 36.5 Å². The van der Waals surface area contributed by atoms with E-state index in [9.17, 15) is 14.2 Å². The van der Waals surface area contributed by atoms with E-state index in [2.05, 4.69) is 10.3 Å². The Morgan fingerprint density at radius 3 is 2.37 bits per heavy atom. The number of fused-ring (bicyclic) bond motifs is 1. The van der Waals surface area contributed by atoms with E-state index in [0.717, 1.165) is 5.39 Å². The van der Waals surface area contributed by atoms with Gasteiger partial charge in [-0.3, -0.25) is 10.4 Å². The predicted molar refractivity (Wildman–Crippen MR) is 70.0 cm³/mol. The molecular formula is C10H10N2O5P2+2. The Hall–Kier alpha value is -1.49. The summed E-state index contributed by atoms with van der Waals surface area (Å²) >= 11 is 0. The van der Waals surface area contributed by atoms with E-state index < -0.39 is 21.3 Å². The molecule has 98 valence electrons. The highest BCUT2D eigenvalue weighted by Crippen LogP contribution is 2.49. The number of anilines is 1. The van der Waals surface area contributed by atoms with Crippen molar-refractivity contribution < 1.29 is 24.0 Å². The standard InChI is InChI=1S/C10H8N2O5P2/c13-10(18(14)15,19(16)17)12-9-8-4-2-1-3-7(8)5-6-11-9/h1-6,13H,(H-2,11,12,14,15,16,17)/p+2. The van der Waals surface area contributed by atoms with Crippen LogP contribution in [0, 0.1) is 0 Å². The van der Waals surface area contributed by atoms with Gasteiger partial charge in [0.15, 0.2) is 0 Å². The molecule has 0 spiro atoms. The second-order valence-electron chi connectivity index (χ2n) is 3.69. The molecule has 9 heteroatoms. The van der Waals surface area contributed by atoms with Gasteiger partial charge in [0.1, 0.15) is 5.82 Å². The third-order valence-electron chi connectivity index (χ3n) is 2.49. The van der Waals surface area contributed by atoms with Crippen LogP contribution >= 0.6 is 16.1 Å². The van der Waals surface area contributed by atoms with Crippen LogP contribution in [-0.4, -0.2) is 25.1 Å². The van der Waals surface area contributed by atoms with Crippen LogP contribution in [0.15, 0.2) is 36.5 Å². The maximum Gasteiger partial charge on any atom is 0.626 e. The van der Waals surface area contributed by atoms with Gasteiger partial charge in [0, 0.05) is 11.6 Å². The van der Waals surface area contributed by atoms with Crippen LogP contribution in [0.1, 0.15) is 0 Å². The first kappa shape index (κ1) is 13.9. The Morgan fingerprint density at radius 2 is 1.74 bits per heavy atom. The molecule has 2 unspecified atom stereocenters. The van der Waals surface area contributed by atoms with Gasteiger partial charge in [0.05, 0.1) is 0 Å². The number of aromatic nitrogens is 1. The molecule has 0 fully saturated rings. The van der Waals surface area contributed by atoms with Crippen LogP contribution < -0.4 is 5.32 Å². The molecular weight excluding hydrogens is 290 g/mol. The van der Waals surface area contributed by atoms with Gasteiger partial charge in [-0.05, 0) is 20.6 Å².